The Balaban J connectivity index is 2.77. The lowest BCUT2D eigenvalue weighted by Crippen LogP contribution is -2.21. The first-order valence-corrected chi connectivity index (χ1v) is 5.61. The molecular weight excluding hydrogens is 220 g/mol. The number of hydrogen-bond donors (Lipinski definition) is 2. The third-order valence-electron chi connectivity index (χ3n) is 2.32. The molecule has 88 valence electrons. The van der Waals surface area contributed by atoms with Gasteiger partial charge in [0.25, 0.3) is 0 Å². The molecule has 1 unspecified atom stereocenters. The molecule has 0 amide bonds. The summed E-state index contributed by atoms with van der Waals surface area (Å²) in [6, 6.07) is 6.24. The average molecular weight is 238 g/mol. The van der Waals surface area contributed by atoms with Crippen LogP contribution in [0.3, 0.4) is 0 Å². The van der Waals surface area contributed by atoms with E-state index in [2.05, 4.69) is 12.2 Å². The van der Waals surface area contributed by atoms with E-state index in [1.54, 1.807) is 7.11 Å². The number of anilines is 1. The first-order valence-electron chi connectivity index (χ1n) is 5.20. The van der Waals surface area contributed by atoms with E-state index in [9.17, 15) is 0 Å². The second-order valence-electron chi connectivity index (χ2n) is 3.89. The maximum atomic E-state index is 5.60. The molecule has 0 bridgehead atoms. The van der Waals surface area contributed by atoms with E-state index in [4.69, 9.17) is 22.7 Å². The minimum atomic E-state index is 0.278. The number of methoxy groups -OCH3 is 1. The van der Waals surface area contributed by atoms with Gasteiger partial charge in [-0.05, 0) is 37.6 Å². The molecule has 3 N–H and O–H groups in total. The van der Waals surface area contributed by atoms with Crippen LogP contribution in [0.25, 0.3) is 0 Å². The van der Waals surface area contributed by atoms with E-state index in [-0.39, 0.29) is 6.04 Å². The largest absolute Gasteiger partial charge is 0.389 e. The summed E-state index contributed by atoms with van der Waals surface area (Å²) in [5.41, 5.74) is 8.68. The van der Waals surface area contributed by atoms with Crippen LogP contribution in [-0.4, -0.2) is 24.7 Å². The van der Waals surface area contributed by atoms with Gasteiger partial charge in [-0.25, -0.2) is 0 Å². The lowest BCUT2D eigenvalue weighted by molar-refractivity contribution is 0.190. The highest BCUT2D eigenvalue weighted by Crippen LogP contribution is 2.16. The molecule has 0 saturated carbocycles. The van der Waals surface area contributed by atoms with Gasteiger partial charge in [-0.2, -0.15) is 0 Å². The molecule has 3 nitrogen and oxygen atoms in total. The molecule has 0 heterocycles. The predicted octanol–water partition coefficient (Wildman–Crippen LogP) is 2.08. The fourth-order valence-corrected chi connectivity index (χ4v) is 1.84. The van der Waals surface area contributed by atoms with Crippen molar-refractivity contribution >= 4 is 22.9 Å². The Morgan fingerprint density at radius 3 is 2.75 bits per heavy atom. The van der Waals surface area contributed by atoms with Gasteiger partial charge in [0.1, 0.15) is 4.99 Å². The van der Waals surface area contributed by atoms with Gasteiger partial charge < -0.3 is 15.8 Å². The number of rotatable bonds is 5. The van der Waals surface area contributed by atoms with Gasteiger partial charge in [0.15, 0.2) is 0 Å². The fourth-order valence-electron chi connectivity index (χ4n) is 1.61. The van der Waals surface area contributed by atoms with Crippen molar-refractivity contribution in [2.45, 2.75) is 19.9 Å². The van der Waals surface area contributed by atoms with Crippen LogP contribution in [-0.2, 0) is 4.74 Å². The van der Waals surface area contributed by atoms with Crippen molar-refractivity contribution in [1.29, 1.82) is 0 Å². The SMILES string of the molecule is COCC(C)Nc1ccc(C(N)=S)c(C)c1. The summed E-state index contributed by atoms with van der Waals surface area (Å²) in [5.74, 6) is 0. The van der Waals surface area contributed by atoms with E-state index in [0.717, 1.165) is 16.8 Å². The molecule has 4 heteroatoms. The maximum Gasteiger partial charge on any atom is 0.104 e. The summed E-state index contributed by atoms with van der Waals surface area (Å²) in [6.45, 7) is 4.75. The van der Waals surface area contributed by atoms with Gasteiger partial charge in [-0.1, -0.05) is 12.2 Å². The normalized spacial score (nSPS) is 12.2. The second kappa shape index (κ2) is 5.82. The van der Waals surface area contributed by atoms with Crippen LogP contribution < -0.4 is 11.1 Å². The van der Waals surface area contributed by atoms with Crippen LogP contribution in [0.15, 0.2) is 18.2 Å². The van der Waals surface area contributed by atoms with Gasteiger partial charge in [-0.3, -0.25) is 0 Å². The summed E-state index contributed by atoms with van der Waals surface area (Å²) in [5, 5.41) is 3.34. The van der Waals surface area contributed by atoms with Crippen molar-refractivity contribution in [3.05, 3.63) is 29.3 Å². The highest BCUT2D eigenvalue weighted by molar-refractivity contribution is 7.80. The Kier molecular flexibility index (Phi) is 4.71. The van der Waals surface area contributed by atoms with Crippen LogP contribution in [0.1, 0.15) is 18.1 Å². The molecule has 0 aliphatic rings. The van der Waals surface area contributed by atoms with E-state index >= 15 is 0 Å². The zero-order valence-electron chi connectivity index (χ0n) is 9.91. The third kappa shape index (κ3) is 3.47. The molecule has 0 aliphatic carbocycles. The summed E-state index contributed by atoms with van der Waals surface area (Å²) >= 11 is 4.96. The zero-order valence-corrected chi connectivity index (χ0v) is 10.7. The molecule has 1 aromatic carbocycles. The molecule has 1 aromatic rings. The number of aryl methyl sites for hydroxylation is 1. The highest BCUT2D eigenvalue weighted by Gasteiger charge is 2.05. The Hall–Kier alpha value is -1.13. The van der Waals surface area contributed by atoms with Gasteiger partial charge in [0.2, 0.25) is 0 Å². The topological polar surface area (TPSA) is 47.3 Å². The molecule has 0 fully saturated rings. The number of hydrogen-bond acceptors (Lipinski definition) is 3. The molecule has 1 rings (SSSR count). The van der Waals surface area contributed by atoms with Crippen molar-refractivity contribution in [3.63, 3.8) is 0 Å². The van der Waals surface area contributed by atoms with Crippen molar-refractivity contribution in [2.24, 2.45) is 5.73 Å². The molecule has 16 heavy (non-hydrogen) atoms. The molecule has 0 radical (unpaired) electrons. The third-order valence-corrected chi connectivity index (χ3v) is 2.54. The van der Waals surface area contributed by atoms with Crippen LogP contribution in [0.4, 0.5) is 5.69 Å². The first-order chi connectivity index (χ1) is 7.54. The Labute approximate surface area is 102 Å². The number of ether oxygens (including phenoxy) is 1. The summed E-state index contributed by atoms with van der Waals surface area (Å²) < 4.78 is 5.06. The Morgan fingerprint density at radius 1 is 1.56 bits per heavy atom. The van der Waals surface area contributed by atoms with Gasteiger partial charge in [0.05, 0.1) is 6.61 Å². The van der Waals surface area contributed by atoms with Crippen LogP contribution in [0.2, 0.25) is 0 Å². The fraction of sp³-hybridized carbons (Fsp3) is 0.417. The summed E-state index contributed by atoms with van der Waals surface area (Å²) in [7, 11) is 1.69. The minimum absolute atomic E-state index is 0.278. The predicted molar refractivity (Wildman–Crippen MR) is 72.0 cm³/mol. The van der Waals surface area contributed by atoms with Gasteiger partial charge in [-0.15, -0.1) is 0 Å². The zero-order chi connectivity index (χ0) is 12.1. The molecule has 0 saturated heterocycles. The number of benzene rings is 1. The maximum absolute atomic E-state index is 5.60. The second-order valence-corrected chi connectivity index (χ2v) is 4.33. The van der Waals surface area contributed by atoms with E-state index < -0.39 is 0 Å². The molecule has 0 spiro atoms. The van der Waals surface area contributed by atoms with Crippen LogP contribution in [0.5, 0.6) is 0 Å². The highest BCUT2D eigenvalue weighted by atomic mass is 32.1. The number of nitrogens with two attached hydrogens (primary N) is 1. The van der Waals surface area contributed by atoms with Crippen molar-refractivity contribution in [3.8, 4) is 0 Å². The lowest BCUT2D eigenvalue weighted by atomic mass is 10.1. The summed E-state index contributed by atoms with van der Waals surface area (Å²) in [4.78, 5) is 0.439. The monoisotopic (exact) mass is 238 g/mol. The van der Waals surface area contributed by atoms with Gasteiger partial charge >= 0.3 is 0 Å². The van der Waals surface area contributed by atoms with Crippen LogP contribution in [0, 0.1) is 6.92 Å². The van der Waals surface area contributed by atoms with Crippen molar-refractivity contribution in [2.75, 3.05) is 19.0 Å². The van der Waals surface area contributed by atoms with Crippen LogP contribution >= 0.6 is 12.2 Å². The average Bonchev–Trinajstić information content (AvgIpc) is 2.17. The van der Waals surface area contributed by atoms with Gasteiger partial charge in [0, 0.05) is 24.4 Å². The minimum Gasteiger partial charge on any atom is -0.389 e. The smallest absolute Gasteiger partial charge is 0.104 e. The molecule has 1 atom stereocenters. The van der Waals surface area contributed by atoms with Crippen molar-refractivity contribution in [1.82, 2.24) is 0 Å². The summed E-state index contributed by atoms with van der Waals surface area (Å²) in [6.07, 6.45) is 0. The van der Waals surface area contributed by atoms with E-state index in [1.807, 2.05) is 25.1 Å². The number of nitrogens with one attached hydrogen (secondary N) is 1. The number of thiocarbonyl (C=S) groups is 1. The molecule has 0 aromatic heterocycles. The Morgan fingerprint density at radius 2 is 2.25 bits per heavy atom. The Bertz CT molecular complexity index is 379. The first kappa shape index (κ1) is 12.9. The van der Waals surface area contributed by atoms with E-state index in [0.29, 0.717) is 11.6 Å². The molecular formula is C12H18N2OS. The van der Waals surface area contributed by atoms with Crippen molar-refractivity contribution < 1.29 is 4.74 Å². The van der Waals surface area contributed by atoms with E-state index in [1.165, 1.54) is 0 Å². The standard InChI is InChI=1S/C12H18N2OS/c1-8-6-10(14-9(2)7-15-3)4-5-11(8)12(13)16/h4-6,9,14H,7H2,1-3H3,(H2,13,16). The lowest BCUT2D eigenvalue weighted by Gasteiger charge is -2.15. The molecule has 0 aliphatic heterocycles. The quantitative estimate of drug-likeness (QED) is 0.771.